The van der Waals surface area contributed by atoms with Crippen LogP contribution < -0.4 is 10.2 Å². The van der Waals surface area contributed by atoms with Crippen molar-refractivity contribution in [2.75, 3.05) is 18.5 Å². The molecule has 0 radical (unpaired) electrons. The molecule has 1 heterocycles. The molecule has 1 N–H and O–H groups in total. The summed E-state index contributed by atoms with van der Waals surface area (Å²) in [5.74, 6) is -0.132. The van der Waals surface area contributed by atoms with Crippen LogP contribution in [0.4, 0.5) is 5.69 Å². The molecule has 1 aromatic carbocycles. The maximum atomic E-state index is 11.8. The maximum absolute atomic E-state index is 11.8. The first kappa shape index (κ1) is 10.7. The summed E-state index contributed by atoms with van der Waals surface area (Å²) in [6, 6.07) is 7.72. The molecule has 0 atom stereocenters. The molecule has 16 heavy (non-hydrogen) atoms. The molecule has 0 saturated heterocycles. The predicted octanol–water partition coefficient (Wildman–Crippen LogP) is 0.712. The Morgan fingerprint density at radius 1 is 1.38 bits per heavy atom. The number of hydrogen-bond donors (Lipinski definition) is 1. The summed E-state index contributed by atoms with van der Waals surface area (Å²) < 4.78 is 0. The minimum atomic E-state index is -0.148. The molecule has 0 saturated carbocycles. The van der Waals surface area contributed by atoms with E-state index in [9.17, 15) is 9.59 Å². The minimum absolute atomic E-state index is 0.0160. The van der Waals surface area contributed by atoms with Crippen molar-refractivity contribution in [3.05, 3.63) is 29.8 Å². The molecule has 1 aliphatic heterocycles. The fourth-order valence-corrected chi connectivity index (χ4v) is 1.89. The third-order valence-corrected chi connectivity index (χ3v) is 2.77. The van der Waals surface area contributed by atoms with E-state index in [-0.39, 0.29) is 18.4 Å². The first-order chi connectivity index (χ1) is 7.72. The second-order valence-electron chi connectivity index (χ2n) is 3.78. The number of hydrogen-bond acceptors (Lipinski definition) is 2. The first-order valence-corrected chi connectivity index (χ1v) is 5.31. The number of rotatable bonds is 2. The van der Waals surface area contributed by atoms with Gasteiger partial charge in [-0.05, 0) is 18.1 Å². The Morgan fingerprint density at radius 2 is 2.12 bits per heavy atom. The van der Waals surface area contributed by atoms with E-state index in [0.29, 0.717) is 6.42 Å². The highest BCUT2D eigenvalue weighted by atomic mass is 16.2. The van der Waals surface area contributed by atoms with Crippen molar-refractivity contribution in [3.8, 4) is 0 Å². The van der Waals surface area contributed by atoms with Crippen LogP contribution in [0.1, 0.15) is 12.0 Å². The van der Waals surface area contributed by atoms with Crippen LogP contribution in [0.15, 0.2) is 24.3 Å². The van der Waals surface area contributed by atoms with Gasteiger partial charge >= 0.3 is 0 Å². The molecule has 0 unspecified atom stereocenters. The van der Waals surface area contributed by atoms with Crippen molar-refractivity contribution in [2.45, 2.75) is 12.8 Å². The molecule has 84 valence electrons. The Balaban J connectivity index is 2.29. The lowest BCUT2D eigenvalue weighted by atomic mass is 10.0. The molecule has 0 fully saturated rings. The summed E-state index contributed by atoms with van der Waals surface area (Å²) >= 11 is 0. The second kappa shape index (κ2) is 4.35. The third-order valence-electron chi connectivity index (χ3n) is 2.77. The molecule has 0 aromatic heterocycles. The zero-order chi connectivity index (χ0) is 11.5. The summed E-state index contributed by atoms with van der Waals surface area (Å²) in [4.78, 5) is 24.6. The van der Waals surface area contributed by atoms with Gasteiger partial charge in [-0.1, -0.05) is 18.2 Å². The molecule has 4 heteroatoms. The molecule has 2 rings (SSSR count). The number of aryl methyl sites for hydroxylation is 1. The summed E-state index contributed by atoms with van der Waals surface area (Å²) in [5, 5.41) is 2.53. The van der Waals surface area contributed by atoms with Gasteiger partial charge in [0.25, 0.3) is 0 Å². The number of anilines is 1. The van der Waals surface area contributed by atoms with Crippen molar-refractivity contribution >= 4 is 17.5 Å². The minimum Gasteiger partial charge on any atom is -0.358 e. The summed E-state index contributed by atoms with van der Waals surface area (Å²) in [6.45, 7) is 0.104. The van der Waals surface area contributed by atoms with Crippen LogP contribution in [0.25, 0.3) is 0 Å². The maximum Gasteiger partial charge on any atom is 0.239 e. The normalized spacial score (nSPS) is 14.6. The van der Waals surface area contributed by atoms with Crippen LogP contribution in [-0.4, -0.2) is 25.4 Å². The number of carbonyl (C=O) groups excluding carboxylic acids is 2. The lowest BCUT2D eigenvalue weighted by Gasteiger charge is -2.28. The number of benzene rings is 1. The Hall–Kier alpha value is -1.84. The molecule has 1 aromatic rings. The fourth-order valence-electron chi connectivity index (χ4n) is 1.89. The van der Waals surface area contributed by atoms with Gasteiger partial charge < -0.3 is 10.2 Å². The number of para-hydroxylation sites is 1. The first-order valence-electron chi connectivity index (χ1n) is 5.31. The molecule has 0 bridgehead atoms. The number of likely N-dealkylation sites (N-methyl/N-ethyl adjacent to an activating group) is 1. The van der Waals surface area contributed by atoms with Crippen LogP contribution >= 0.6 is 0 Å². The van der Waals surface area contributed by atoms with Gasteiger partial charge in [-0.25, -0.2) is 0 Å². The largest absolute Gasteiger partial charge is 0.358 e. The summed E-state index contributed by atoms with van der Waals surface area (Å²) in [5.41, 5.74) is 1.99. The Labute approximate surface area is 94.2 Å². The van der Waals surface area contributed by atoms with Crippen LogP contribution in [0.5, 0.6) is 0 Å². The average molecular weight is 218 g/mol. The lowest BCUT2D eigenvalue weighted by Crippen LogP contribution is -2.42. The average Bonchev–Trinajstić information content (AvgIpc) is 2.32. The highest BCUT2D eigenvalue weighted by molar-refractivity contribution is 6.00. The number of fused-ring (bicyclic) bond motifs is 1. The van der Waals surface area contributed by atoms with Crippen molar-refractivity contribution in [1.29, 1.82) is 0 Å². The molecular formula is C12H14N2O2. The Bertz CT molecular complexity index is 429. The summed E-state index contributed by atoms with van der Waals surface area (Å²) in [6.07, 6.45) is 1.24. The summed E-state index contributed by atoms with van der Waals surface area (Å²) in [7, 11) is 1.57. The van der Waals surface area contributed by atoms with Crippen LogP contribution in [0, 0.1) is 0 Å². The van der Waals surface area contributed by atoms with E-state index >= 15 is 0 Å². The van der Waals surface area contributed by atoms with Gasteiger partial charge in [0.15, 0.2) is 0 Å². The standard InChI is InChI=1S/C12H14N2O2/c1-13-11(15)8-14-10-5-3-2-4-9(10)6-7-12(14)16/h2-5H,6-8H2,1H3,(H,13,15). The van der Waals surface area contributed by atoms with E-state index in [1.165, 1.54) is 0 Å². The van der Waals surface area contributed by atoms with Crippen LogP contribution in [0.3, 0.4) is 0 Å². The van der Waals surface area contributed by atoms with Crippen LogP contribution in [0.2, 0.25) is 0 Å². The number of nitrogens with zero attached hydrogens (tertiary/aromatic N) is 1. The van der Waals surface area contributed by atoms with Gasteiger partial charge in [0.1, 0.15) is 6.54 Å². The van der Waals surface area contributed by atoms with Crippen LogP contribution in [-0.2, 0) is 16.0 Å². The monoisotopic (exact) mass is 218 g/mol. The van der Waals surface area contributed by atoms with E-state index < -0.39 is 0 Å². The lowest BCUT2D eigenvalue weighted by molar-refractivity contribution is -0.123. The van der Waals surface area contributed by atoms with E-state index in [4.69, 9.17) is 0 Å². The molecule has 1 aliphatic rings. The third kappa shape index (κ3) is 1.91. The highest BCUT2D eigenvalue weighted by Crippen LogP contribution is 2.26. The topological polar surface area (TPSA) is 49.4 Å². The molecule has 0 spiro atoms. The second-order valence-corrected chi connectivity index (χ2v) is 3.78. The van der Waals surface area contributed by atoms with Gasteiger partial charge in [-0.3, -0.25) is 9.59 Å². The van der Waals surface area contributed by atoms with Crippen molar-refractivity contribution in [2.24, 2.45) is 0 Å². The zero-order valence-corrected chi connectivity index (χ0v) is 9.19. The zero-order valence-electron chi connectivity index (χ0n) is 9.19. The smallest absolute Gasteiger partial charge is 0.239 e. The van der Waals surface area contributed by atoms with Crippen molar-refractivity contribution < 1.29 is 9.59 Å². The SMILES string of the molecule is CNC(=O)CN1C(=O)CCc2ccccc21. The number of amides is 2. The molecular weight excluding hydrogens is 204 g/mol. The molecule has 2 amide bonds. The Morgan fingerprint density at radius 3 is 2.88 bits per heavy atom. The van der Waals surface area contributed by atoms with E-state index in [1.54, 1.807) is 11.9 Å². The highest BCUT2D eigenvalue weighted by Gasteiger charge is 2.24. The van der Waals surface area contributed by atoms with E-state index in [0.717, 1.165) is 17.7 Å². The van der Waals surface area contributed by atoms with Gasteiger partial charge in [0.2, 0.25) is 11.8 Å². The number of carbonyl (C=O) groups is 2. The van der Waals surface area contributed by atoms with Crippen molar-refractivity contribution in [3.63, 3.8) is 0 Å². The fraction of sp³-hybridized carbons (Fsp3) is 0.333. The predicted molar refractivity (Wildman–Crippen MR) is 61.2 cm³/mol. The Kier molecular flexibility index (Phi) is 2.90. The van der Waals surface area contributed by atoms with E-state index in [1.807, 2.05) is 24.3 Å². The van der Waals surface area contributed by atoms with Gasteiger partial charge in [-0.15, -0.1) is 0 Å². The van der Waals surface area contributed by atoms with Gasteiger partial charge in [0.05, 0.1) is 0 Å². The van der Waals surface area contributed by atoms with Crippen molar-refractivity contribution in [1.82, 2.24) is 5.32 Å². The molecule has 4 nitrogen and oxygen atoms in total. The van der Waals surface area contributed by atoms with E-state index in [2.05, 4.69) is 5.32 Å². The van der Waals surface area contributed by atoms with Gasteiger partial charge in [-0.2, -0.15) is 0 Å². The van der Waals surface area contributed by atoms with Gasteiger partial charge in [0, 0.05) is 19.2 Å². The molecule has 0 aliphatic carbocycles. The number of nitrogens with one attached hydrogen (secondary N) is 1. The quantitative estimate of drug-likeness (QED) is 0.794.